The van der Waals surface area contributed by atoms with E-state index in [0.717, 1.165) is 22.6 Å². The number of hydrogen-bond acceptors (Lipinski definition) is 5. The Kier molecular flexibility index (Phi) is 6.96. The number of amidine groups is 1. The van der Waals surface area contributed by atoms with E-state index in [4.69, 9.17) is 11.6 Å². The number of aromatic nitrogens is 1. The van der Waals surface area contributed by atoms with Crippen molar-refractivity contribution in [3.05, 3.63) is 82.6 Å². The lowest BCUT2D eigenvalue weighted by Crippen LogP contribution is -2.28. The third-order valence-electron chi connectivity index (χ3n) is 5.09. The van der Waals surface area contributed by atoms with Gasteiger partial charge in [-0.15, -0.1) is 5.10 Å². The number of halogens is 1. The molecule has 0 saturated carbocycles. The fourth-order valence-electron chi connectivity index (χ4n) is 3.56. The predicted octanol–water partition coefficient (Wildman–Crippen LogP) is 4.70. The maximum absolute atomic E-state index is 12.2. The van der Waals surface area contributed by atoms with Crippen LogP contribution in [-0.2, 0) is 9.59 Å². The molecule has 2 heterocycles. The second-order valence-electron chi connectivity index (χ2n) is 7.51. The van der Waals surface area contributed by atoms with Crippen LogP contribution in [-0.4, -0.2) is 33.0 Å². The Morgan fingerprint density at radius 3 is 2.73 bits per heavy atom. The first-order valence-corrected chi connectivity index (χ1v) is 11.5. The maximum Gasteiger partial charge on any atom is 0.240 e. The average molecular weight is 480 g/mol. The molecule has 2 aromatic carbocycles. The number of nitrogens with zero attached hydrogens (tertiary/aromatic N) is 3. The van der Waals surface area contributed by atoms with Gasteiger partial charge in [0.15, 0.2) is 5.17 Å². The van der Waals surface area contributed by atoms with Crippen molar-refractivity contribution in [2.75, 3.05) is 5.32 Å². The Balaban J connectivity index is 1.40. The third-order valence-corrected chi connectivity index (χ3v) is 6.39. The molecule has 9 heteroatoms. The zero-order valence-corrected chi connectivity index (χ0v) is 19.7. The van der Waals surface area contributed by atoms with Crippen LogP contribution in [0.2, 0.25) is 5.02 Å². The van der Waals surface area contributed by atoms with E-state index in [-0.39, 0.29) is 18.2 Å². The number of carbonyl (C=O) groups is 2. The minimum atomic E-state index is -0.546. The van der Waals surface area contributed by atoms with Gasteiger partial charge in [0.1, 0.15) is 5.25 Å². The molecule has 0 bridgehead atoms. The van der Waals surface area contributed by atoms with E-state index in [2.05, 4.69) is 25.4 Å². The molecule has 2 N–H and O–H groups in total. The third kappa shape index (κ3) is 5.53. The topological polar surface area (TPSA) is 87.8 Å². The first-order chi connectivity index (χ1) is 15.9. The smallest absolute Gasteiger partial charge is 0.240 e. The summed E-state index contributed by atoms with van der Waals surface area (Å²) in [5.74, 6) is -0.483. The number of para-hydroxylation sites is 1. The lowest BCUT2D eigenvalue weighted by Gasteiger charge is -2.09. The monoisotopic (exact) mass is 479 g/mol. The van der Waals surface area contributed by atoms with Crippen molar-refractivity contribution in [2.45, 2.75) is 25.5 Å². The molecule has 0 spiro atoms. The zero-order chi connectivity index (χ0) is 23.4. The highest BCUT2D eigenvalue weighted by atomic mass is 35.5. The van der Waals surface area contributed by atoms with E-state index in [0.29, 0.717) is 15.9 Å². The van der Waals surface area contributed by atoms with Crippen molar-refractivity contribution in [2.24, 2.45) is 10.2 Å². The number of benzene rings is 2. The molecule has 1 aliphatic heterocycles. The predicted molar refractivity (Wildman–Crippen MR) is 134 cm³/mol. The van der Waals surface area contributed by atoms with Crippen LogP contribution in [0.1, 0.15) is 23.4 Å². The van der Waals surface area contributed by atoms with Gasteiger partial charge in [-0.25, -0.2) is 0 Å². The molecule has 7 nitrogen and oxygen atoms in total. The summed E-state index contributed by atoms with van der Waals surface area (Å²) in [5, 5.41) is 14.3. The fraction of sp³-hybridized carbons (Fsp3) is 0.167. The van der Waals surface area contributed by atoms with Gasteiger partial charge in [0.05, 0.1) is 6.21 Å². The van der Waals surface area contributed by atoms with Gasteiger partial charge in [-0.3, -0.25) is 9.59 Å². The number of rotatable bonds is 6. The van der Waals surface area contributed by atoms with Gasteiger partial charge in [-0.2, -0.15) is 5.10 Å². The van der Waals surface area contributed by atoms with Crippen LogP contribution < -0.4 is 10.6 Å². The number of aryl methyl sites for hydroxylation is 1. The molecule has 1 unspecified atom stereocenters. The van der Waals surface area contributed by atoms with Gasteiger partial charge in [-0.1, -0.05) is 47.6 Å². The van der Waals surface area contributed by atoms with Crippen molar-refractivity contribution in [1.82, 2.24) is 9.88 Å². The lowest BCUT2D eigenvalue weighted by molar-refractivity contribution is -0.122. The molecule has 1 aromatic heterocycles. The van der Waals surface area contributed by atoms with Gasteiger partial charge >= 0.3 is 0 Å². The highest BCUT2D eigenvalue weighted by molar-refractivity contribution is 8.15. The maximum atomic E-state index is 12.2. The average Bonchev–Trinajstić information content (AvgIpc) is 3.26. The molecule has 0 radical (unpaired) electrons. The van der Waals surface area contributed by atoms with Crippen LogP contribution in [0, 0.1) is 13.8 Å². The number of nitrogens with one attached hydrogen (secondary N) is 2. The highest BCUT2D eigenvalue weighted by Gasteiger charge is 2.32. The quantitative estimate of drug-likeness (QED) is 0.397. The molecule has 0 aliphatic carbocycles. The van der Waals surface area contributed by atoms with Crippen LogP contribution >= 0.6 is 23.4 Å². The Morgan fingerprint density at radius 2 is 1.97 bits per heavy atom. The van der Waals surface area contributed by atoms with Crippen LogP contribution in [0.5, 0.6) is 0 Å². The molecule has 1 saturated heterocycles. The van der Waals surface area contributed by atoms with Gasteiger partial charge in [-0.05, 0) is 50.2 Å². The second kappa shape index (κ2) is 10.1. The Labute approximate surface area is 200 Å². The molecule has 2 amide bonds. The first-order valence-electron chi connectivity index (χ1n) is 10.3. The molecule has 3 aromatic rings. The van der Waals surface area contributed by atoms with Gasteiger partial charge in [0.25, 0.3) is 0 Å². The zero-order valence-electron chi connectivity index (χ0n) is 18.1. The van der Waals surface area contributed by atoms with Gasteiger partial charge in [0.2, 0.25) is 11.8 Å². The van der Waals surface area contributed by atoms with E-state index in [1.165, 1.54) is 11.8 Å². The van der Waals surface area contributed by atoms with Crippen molar-refractivity contribution in [3.8, 4) is 5.69 Å². The summed E-state index contributed by atoms with van der Waals surface area (Å²) in [7, 11) is 0. The SMILES string of the molecule is Cc1cc(/C=N/N=C2/NC(=O)C(CC(=O)Nc3ccccc3)S2)c(C)n1-c1cccc(Cl)c1. The van der Waals surface area contributed by atoms with E-state index >= 15 is 0 Å². The normalized spacial score (nSPS) is 17.0. The van der Waals surface area contributed by atoms with E-state index in [9.17, 15) is 9.59 Å². The number of thioether (sulfide) groups is 1. The second-order valence-corrected chi connectivity index (χ2v) is 9.13. The number of anilines is 1. The first kappa shape index (κ1) is 22.8. The standard InChI is InChI=1S/C24H22ClN5O2S/c1-15-11-17(16(2)30(15)20-10-6-7-18(25)12-20)14-26-29-24-28-23(32)21(33-24)13-22(31)27-19-8-4-3-5-9-19/h3-12,14,21H,13H2,1-2H3,(H,27,31)(H,28,29,32)/b26-14+. The van der Waals surface area contributed by atoms with Crippen molar-refractivity contribution >= 4 is 52.2 Å². The summed E-state index contributed by atoms with van der Waals surface area (Å²) >= 11 is 7.34. The number of hydrogen-bond donors (Lipinski definition) is 2. The highest BCUT2D eigenvalue weighted by Crippen LogP contribution is 2.24. The minimum Gasteiger partial charge on any atom is -0.326 e. The van der Waals surface area contributed by atoms with Crippen molar-refractivity contribution in [1.29, 1.82) is 0 Å². The number of amides is 2. The van der Waals surface area contributed by atoms with Crippen molar-refractivity contribution < 1.29 is 9.59 Å². The molecule has 1 fully saturated rings. The summed E-state index contributed by atoms with van der Waals surface area (Å²) in [6, 6.07) is 18.8. The largest absolute Gasteiger partial charge is 0.326 e. The molecule has 4 rings (SSSR count). The summed E-state index contributed by atoms with van der Waals surface area (Å²) in [6.07, 6.45) is 1.70. The van der Waals surface area contributed by atoms with Gasteiger partial charge in [0, 0.05) is 39.8 Å². The minimum absolute atomic E-state index is 0.0505. The fourth-order valence-corrected chi connectivity index (χ4v) is 4.67. The Hall–Kier alpha value is -3.36. The van der Waals surface area contributed by atoms with E-state index in [1.54, 1.807) is 18.3 Å². The summed E-state index contributed by atoms with van der Waals surface area (Å²) in [5.41, 5.74) is 4.61. The van der Waals surface area contributed by atoms with Crippen LogP contribution in [0.4, 0.5) is 5.69 Å². The lowest BCUT2D eigenvalue weighted by atomic mass is 10.2. The van der Waals surface area contributed by atoms with E-state index in [1.807, 2.05) is 62.4 Å². The molecule has 33 heavy (non-hydrogen) atoms. The molecule has 168 valence electrons. The van der Waals surface area contributed by atoms with Crippen molar-refractivity contribution in [3.63, 3.8) is 0 Å². The molecule has 1 aliphatic rings. The molecular formula is C24H22ClN5O2S. The molecule has 1 atom stereocenters. The molecular weight excluding hydrogens is 458 g/mol. The summed E-state index contributed by atoms with van der Waals surface area (Å²) < 4.78 is 2.09. The van der Waals surface area contributed by atoms with Crippen LogP contribution in [0.3, 0.4) is 0 Å². The number of carbonyl (C=O) groups excluding carboxylic acids is 2. The van der Waals surface area contributed by atoms with Gasteiger partial charge < -0.3 is 15.2 Å². The van der Waals surface area contributed by atoms with Crippen LogP contribution in [0.15, 0.2) is 70.9 Å². The van der Waals surface area contributed by atoms with E-state index < -0.39 is 5.25 Å². The Bertz CT molecular complexity index is 1250. The summed E-state index contributed by atoms with van der Waals surface area (Å²) in [4.78, 5) is 24.5. The Morgan fingerprint density at radius 1 is 1.18 bits per heavy atom. The summed E-state index contributed by atoms with van der Waals surface area (Å²) in [6.45, 7) is 4.01. The van der Waals surface area contributed by atoms with Crippen LogP contribution in [0.25, 0.3) is 5.69 Å².